The van der Waals surface area contributed by atoms with Crippen LogP contribution in [0.5, 0.6) is 0 Å². The Labute approximate surface area is 110 Å². The predicted octanol–water partition coefficient (Wildman–Crippen LogP) is 3.09. The van der Waals surface area contributed by atoms with E-state index in [0.29, 0.717) is 19.6 Å². The molecule has 0 aromatic carbocycles. The predicted molar refractivity (Wildman–Crippen MR) is 70.1 cm³/mol. The van der Waals surface area contributed by atoms with Gasteiger partial charge in [0.15, 0.2) is 5.92 Å². The summed E-state index contributed by atoms with van der Waals surface area (Å²) in [4.78, 5) is 23.5. The van der Waals surface area contributed by atoms with Gasteiger partial charge in [0.05, 0.1) is 13.2 Å². The first-order valence-corrected chi connectivity index (χ1v) is 7.00. The minimum atomic E-state index is -0.747. The number of esters is 2. The molecule has 0 saturated heterocycles. The Balaban J connectivity index is 4.16. The Hall–Kier alpha value is -1.06. The summed E-state index contributed by atoms with van der Waals surface area (Å²) in [5.41, 5.74) is 0. The van der Waals surface area contributed by atoms with Crippen molar-refractivity contribution in [3.8, 4) is 0 Å². The third-order valence-electron chi connectivity index (χ3n) is 2.63. The number of unbranched alkanes of at least 4 members (excludes halogenated alkanes) is 2. The maximum atomic E-state index is 11.8. The lowest BCUT2D eigenvalue weighted by Crippen LogP contribution is -2.28. The lowest BCUT2D eigenvalue weighted by atomic mass is 10.0. The molecule has 0 aromatic rings. The molecule has 0 atom stereocenters. The monoisotopic (exact) mass is 258 g/mol. The van der Waals surface area contributed by atoms with Crippen molar-refractivity contribution in [2.75, 3.05) is 13.2 Å². The van der Waals surface area contributed by atoms with E-state index in [-0.39, 0.29) is 0 Å². The second kappa shape index (κ2) is 11.1. The van der Waals surface area contributed by atoms with E-state index in [1.165, 1.54) is 0 Å². The molecular weight excluding hydrogens is 232 g/mol. The van der Waals surface area contributed by atoms with Crippen molar-refractivity contribution in [1.29, 1.82) is 0 Å². The molecule has 0 N–H and O–H groups in total. The minimum absolute atomic E-state index is 0.387. The molecule has 0 bridgehead atoms. The smallest absolute Gasteiger partial charge is 0.320 e. The van der Waals surface area contributed by atoms with Crippen LogP contribution in [-0.2, 0) is 19.1 Å². The summed E-state index contributed by atoms with van der Waals surface area (Å²) in [6, 6.07) is 0. The number of hydrogen-bond acceptors (Lipinski definition) is 4. The quantitative estimate of drug-likeness (QED) is 0.343. The molecule has 106 valence electrons. The van der Waals surface area contributed by atoms with E-state index in [0.717, 1.165) is 32.1 Å². The maximum absolute atomic E-state index is 11.8. The van der Waals surface area contributed by atoms with E-state index in [1.807, 2.05) is 20.8 Å². The number of hydrogen-bond donors (Lipinski definition) is 0. The number of carbonyl (C=O) groups excluding carboxylic acids is 2. The van der Waals surface area contributed by atoms with Gasteiger partial charge in [-0.1, -0.05) is 40.0 Å². The zero-order chi connectivity index (χ0) is 13.8. The molecule has 0 heterocycles. The van der Waals surface area contributed by atoms with E-state index in [2.05, 4.69) is 0 Å². The Morgan fingerprint density at radius 1 is 0.833 bits per heavy atom. The summed E-state index contributed by atoms with van der Waals surface area (Å²) >= 11 is 0. The molecule has 0 radical (unpaired) electrons. The fraction of sp³-hybridized carbons (Fsp3) is 0.857. The van der Waals surface area contributed by atoms with Gasteiger partial charge in [0.1, 0.15) is 0 Å². The average Bonchev–Trinajstić information content (AvgIpc) is 2.36. The largest absolute Gasteiger partial charge is 0.465 e. The Morgan fingerprint density at radius 2 is 1.28 bits per heavy atom. The SMILES string of the molecule is CCCCOC(=O)C(CCC)C(=O)OCCCC. The first kappa shape index (κ1) is 16.9. The van der Waals surface area contributed by atoms with Gasteiger partial charge in [0, 0.05) is 0 Å². The normalized spacial score (nSPS) is 10.4. The molecular formula is C14H26O4. The molecule has 0 amide bonds. The van der Waals surface area contributed by atoms with Crippen LogP contribution in [-0.4, -0.2) is 25.2 Å². The van der Waals surface area contributed by atoms with Crippen LogP contribution in [0.3, 0.4) is 0 Å². The van der Waals surface area contributed by atoms with E-state index < -0.39 is 17.9 Å². The van der Waals surface area contributed by atoms with Gasteiger partial charge in [-0.25, -0.2) is 0 Å². The van der Waals surface area contributed by atoms with Gasteiger partial charge in [0.2, 0.25) is 0 Å². The van der Waals surface area contributed by atoms with Gasteiger partial charge in [0.25, 0.3) is 0 Å². The van der Waals surface area contributed by atoms with Gasteiger partial charge < -0.3 is 9.47 Å². The van der Waals surface area contributed by atoms with E-state index in [9.17, 15) is 9.59 Å². The molecule has 18 heavy (non-hydrogen) atoms. The van der Waals surface area contributed by atoms with Crippen molar-refractivity contribution in [2.45, 2.75) is 59.3 Å². The molecule has 0 spiro atoms. The molecule has 0 aliphatic rings. The van der Waals surface area contributed by atoms with Crippen molar-refractivity contribution < 1.29 is 19.1 Å². The van der Waals surface area contributed by atoms with Crippen LogP contribution >= 0.6 is 0 Å². The number of rotatable bonds is 10. The van der Waals surface area contributed by atoms with Crippen molar-refractivity contribution in [3.05, 3.63) is 0 Å². The Morgan fingerprint density at radius 3 is 1.61 bits per heavy atom. The highest BCUT2D eigenvalue weighted by molar-refractivity contribution is 5.94. The minimum Gasteiger partial charge on any atom is -0.465 e. The molecule has 0 aliphatic heterocycles. The summed E-state index contributed by atoms with van der Waals surface area (Å²) in [7, 11) is 0. The average molecular weight is 258 g/mol. The highest BCUT2D eigenvalue weighted by Crippen LogP contribution is 2.12. The standard InChI is InChI=1S/C14H26O4/c1-4-7-10-17-13(15)12(9-6-3)14(16)18-11-8-5-2/h12H,4-11H2,1-3H3. The fourth-order valence-corrected chi connectivity index (χ4v) is 1.46. The summed E-state index contributed by atoms with van der Waals surface area (Å²) < 4.78 is 10.2. The Bertz CT molecular complexity index is 216. The molecule has 0 unspecified atom stereocenters. The van der Waals surface area contributed by atoms with E-state index >= 15 is 0 Å². The van der Waals surface area contributed by atoms with Gasteiger partial charge in [-0.05, 0) is 19.3 Å². The van der Waals surface area contributed by atoms with E-state index in [1.54, 1.807) is 0 Å². The van der Waals surface area contributed by atoms with E-state index in [4.69, 9.17) is 9.47 Å². The van der Waals surface area contributed by atoms with Gasteiger partial charge in [-0.2, -0.15) is 0 Å². The first-order chi connectivity index (χ1) is 8.67. The molecule has 0 rings (SSSR count). The van der Waals surface area contributed by atoms with Crippen LogP contribution in [0.15, 0.2) is 0 Å². The lowest BCUT2D eigenvalue weighted by molar-refractivity contribution is -0.162. The van der Waals surface area contributed by atoms with Crippen LogP contribution in [0.25, 0.3) is 0 Å². The highest BCUT2D eigenvalue weighted by atomic mass is 16.6. The van der Waals surface area contributed by atoms with Crippen LogP contribution in [0.4, 0.5) is 0 Å². The summed E-state index contributed by atoms with van der Waals surface area (Å²) in [5.74, 6) is -1.62. The maximum Gasteiger partial charge on any atom is 0.320 e. The van der Waals surface area contributed by atoms with Crippen LogP contribution in [0.2, 0.25) is 0 Å². The summed E-state index contributed by atoms with van der Waals surface area (Å²) in [5, 5.41) is 0. The van der Waals surface area contributed by atoms with Gasteiger partial charge >= 0.3 is 11.9 Å². The zero-order valence-electron chi connectivity index (χ0n) is 11.9. The van der Waals surface area contributed by atoms with Crippen LogP contribution in [0, 0.1) is 5.92 Å². The lowest BCUT2D eigenvalue weighted by Gasteiger charge is -2.14. The summed E-state index contributed by atoms with van der Waals surface area (Å²) in [6.45, 7) is 6.76. The Kier molecular flexibility index (Phi) is 10.4. The second-order valence-corrected chi connectivity index (χ2v) is 4.38. The fourth-order valence-electron chi connectivity index (χ4n) is 1.46. The van der Waals surface area contributed by atoms with Crippen molar-refractivity contribution in [3.63, 3.8) is 0 Å². The van der Waals surface area contributed by atoms with Gasteiger partial charge in [-0.15, -0.1) is 0 Å². The van der Waals surface area contributed by atoms with Crippen molar-refractivity contribution in [1.82, 2.24) is 0 Å². The molecule has 4 nitrogen and oxygen atoms in total. The first-order valence-electron chi connectivity index (χ1n) is 7.00. The third kappa shape index (κ3) is 7.30. The topological polar surface area (TPSA) is 52.6 Å². The van der Waals surface area contributed by atoms with Crippen molar-refractivity contribution in [2.24, 2.45) is 5.92 Å². The summed E-state index contributed by atoms with van der Waals surface area (Å²) in [6.07, 6.45) is 4.84. The number of carbonyl (C=O) groups is 2. The third-order valence-corrected chi connectivity index (χ3v) is 2.63. The molecule has 0 aromatic heterocycles. The highest BCUT2D eigenvalue weighted by Gasteiger charge is 2.28. The van der Waals surface area contributed by atoms with Crippen LogP contribution < -0.4 is 0 Å². The molecule has 4 heteroatoms. The van der Waals surface area contributed by atoms with Crippen LogP contribution in [0.1, 0.15) is 59.3 Å². The number of ether oxygens (including phenoxy) is 2. The van der Waals surface area contributed by atoms with Crippen molar-refractivity contribution >= 4 is 11.9 Å². The second-order valence-electron chi connectivity index (χ2n) is 4.38. The van der Waals surface area contributed by atoms with Gasteiger partial charge in [-0.3, -0.25) is 9.59 Å². The molecule has 0 fully saturated rings. The zero-order valence-corrected chi connectivity index (χ0v) is 11.9. The molecule has 0 aliphatic carbocycles. The molecule has 0 saturated carbocycles.